The predicted molar refractivity (Wildman–Crippen MR) is 138 cm³/mol. The lowest BCUT2D eigenvalue weighted by Gasteiger charge is -2.42. The summed E-state index contributed by atoms with van der Waals surface area (Å²) in [7, 11) is 1.66. The number of rotatable bonds is 5. The summed E-state index contributed by atoms with van der Waals surface area (Å²) in [5.41, 5.74) is 2.88. The summed E-state index contributed by atoms with van der Waals surface area (Å²) in [6.07, 6.45) is 0.934. The van der Waals surface area contributed by atoms with Crippen molar-refractivity contribution in [1.29, 1.82) is 0 Å². The lowest BCUT2D eigenvalue weighted by Crippen LogP contribution is -2.57. The zero-order valence-corrected chi connectivity index (χ0v) is 21.3. The van der Waals surface area contributed by atoms with Gasteiger partial charge < -0.3 is 14.5 Å². The molecule has 3 heterocycles. The van der Waals surface area contributed by atoms with E-state index < -0.39 is 0 Å². The molecule has 2 atom stereocenters. The van der Waals surface area contributed by atoms with E-state index in [0.717, 1.165) is 24.3 Å². The number of benzene rings is 2. The molecular formula is C28H30FN3O3S. The fourth-order valence-corrected chi connectivity index (χ4v) is 6.14. The lowest BCUT2D eigenvalue weighted by molar-refractivity contribution is -0.135. The van der Waals surface area contributed by atoms with Gasteiger partial charge in [0.15, 0.2) is 0 Å². The maximum absolute atomic E-state index is 13.4. The first-order valence-electron chi connectivity index (χ1n) is 12.2. The van der Waals surface area contributed by atoms with Gasteiger partial charge in [-0.2, -0.15) is 0 Å². The molecule has 0 bridgehead atoms. The van der Waals surface area contributed by atoms with E-state index in [1.54, 1.807) is 23.3 Å². The molecule has 1 saturated heterocycles. The summed E-state index contributed by atoms with van der Waals surface area (Å²) in [5.74, 6) is 0.392. The Kier molecular flexibility index (Phi) is 7.07. The van der Waals surface area contributed by atoms with Crippen molar-refractivity contribution in [3.63, 3.8) is 0 Å². The van der Waals surface area contributed by atoms with Gasteiger partial charge in [-0.1, -0.05) is 12.1 Å². The summed E-state index contributed by atoms with van der Waals surface area (Å²) in [5, 5.41) is 2.13. The van der Waals surface area contributed by atoms with E-state index in [-0.39, 0.29) is 29.7 Å². The quantitative estimate of drug-likeness (QED) is 0.519. The fourth-order valence-electron chi connectivity index (χ4n) is 5.23. The number of hydrogen-bond donors (Lipinski definition) is 0. The Labute approximate surface area is 214 Å². The number of halogens is 1. The molecule has 36 heavy (non-hydrogen) atoms. The van der Waals surface area contributed by atoms with Gasteiger partial charge in [-0.05, 0) is 72.3 Å². The highest BCUT2D eigenvalue weighted by molar-refractivity contribution is 7.10. The highest BCUT2D eigenvalue weighted by atomic mass is 32.1. The minimum Gasteiger partial charge on any atom is -0.497 e. The molecule has 0 unspecified atom stereocenters. The molecule has 188 valence electrons. The van der Waals surface area contributed by atoms with E-state index in [1.165, 1.54) is 34.7 Å². The maximum atomic E-state index is 13.4. The second kappa shape index (κ2) is 10.4. The van der Waals surface area contributed by atoms with Crippen molar-refractivity contribution in [2.45, 2.75) is 25.4 Å². The number of fused-ring (bicyclic) bond motifs is 1. The summed E-state index contributed by atoms with van der Waals surface area (Å²) in [4.78, 5) is 33.7. The first-order chi connectivity index (χ1) is 17.4. The van der Waals surface area contributed by atoms with Crippen LogP contribution in [-0.2, 0) is 11.2 Å². The van der Waals surface area contributed by atoms with E-state index in [9.17, 15) is 14.0 Å². The van der Waals surface area contributed by atoms with Crippen molar-refractivity contribution in [3.05, 3.63) is 87.4 Å². The maximum Gasteiger partial charge on any atom is 0.254 e. The van der Waals surface area contributed by atoms with E-state index >= 15 is 0 Å². The SMILES string of the molecule is COc1ccc([C@H]2c3ccsc3CCN2CC(=O)N2CCN(C(=O)c3ccc(F)cc3)[C@H](C)C2)cc1. The molecule has 2 aliphatic heterocycles. The third-order valence-corrected chi connectivity index (χ3v) is 8.16. The Morgan fingerprint density at radius 1 is 1.03 bits per heavy atom. The predicted octanol–water partition coefficient (Wildman–Crippen LogP) is 4.22. The van der Waals surface area contributed by atoms with Crippen LogP contribution in [0.2, 0.25) is 0 Å². The number of ether oxygens (including phenoxy) is 1. The minimum atomic E-state index is -0.366. The Morgan fingerprint density at radius 3 is 2.47 bits per heavy atom. The van der Waals surface area contributed by atoms with Gasteiger partial charge in [0.25, 0.3) is 5.91 Å². The highest BCUT2D eigenvalue weighted by Gasteiger charge is 2.34. The van der Waals surface area contributed by atoms with Gasteiger partial charge in [0.05, 0.1) is 19.7 Å². The topological polar surface area (TPSA) is 53.1 Å². The van der Waals surface area contributed by atoms with Crippen LogP contribution < -0.4 is 4.74 Å². The van der Waals surface area contributed by atoms with E-state index in [1.807, 2.05) is 24.0 Å². The van der Waals surface area contributed by atoms with Crippen LogP contribution in [0.25, 0.3) is 0 Å². The van der Waals surface area contributed by atoms with Gasteiger partial charge in [-0.3, -0.25) is 14.5 Å². The van der Waals surface area contributed by atoms with Crippen molar-refractivity contribution in [2.24, 2.45) is 0 Å². The fraction of sp³-hybridized carbons (Fsp3) is 0.357. The van der Waals surface area contributed by atoms with Gasteiger partial charge >= 0.3 is 0 Å². The summed E-state index contributed by atoms with van der Waals surface area (Å²) in [6.45, 7) is 4.52. The Bertz CT molecular complexity index is 1230. The second-order valence-corrected chi connectivity index (χ2v) is 10.4. The lowest BCUT2D eigenvalue weighted by atomic mass is 9.93. The molecule has 0 saturated carbocycles. The van der Waals surface area contributed by atoms with Crippen LogP contribution >= 0.6 is 11.3 Å². The molecule has 1 fully saturated rings. The molecule has 1 aromatic heterocycles. The van der Waals surface area contributed by atoms with E-state index in [4.69, 9.17) is 4.74 Å². The molecular weight excluding hydrogens is 477 g/mol. The molecule has 0 aliphatic carbocycles. The standard InChI is InChI=1S/C28H30FN3O3S/c1-19-17-30(14-15-32(19)28(34)21-3-7-22(29)8-4-21)26(33)18-31-13-11-25-24(12-16-36-25)27(31)20-5-9-23(35-2)10-6-20/h3-10,12,16,19,27H,11,13-15,17-18H2,1-2H3/t19-,27+/m1/s1. The van der Waals surface area contributed by atoms with Crippen LogP contribution in [0.15, 0.2) is 60.0 Å². The molecule has 2 aromatic carbocycles. The average molecular weight is 508 g/mol. The van der Waals surface area contributed by atoms with Gasteiger partial charge in [-0.15, -0.1) is 11.3 Å². The van der Waals surface area contributed by atoms with Crippen LogP contribution in [0, 0.1) is 5.82 Å². The number of carbonyl (C=O) groups is 2. The number of carbonyl (C=O) groups excluding carboxylic acids is 2. The molecule has 5 rings (SSSR count). The van der Waals surface area contributed by atoms with Crippen LogP contribution in [0.1, 0.15) is 39.3 Å². The van der Waals surface area contributed by atoms with Crippen LogP contribution in [0.5, 0.6) is 5.75 Å². The molecule has 2 amide bonds. The highest BCUT2D eigenvalue weighted by Crippen LogP contribution is 2.38. The zero-order chi connectivity index (χ0) is 25.2. The molecule has 0 N–H and O–H groups in total. The normalized spacial score (nSPS) is 20.2. The van der Waals surface area contributed by atoms with Crippen LogP contribution in [-0.4, -0.2) is 72.4 Å². The number of hydrogen-bond acceptors (Lipinski definition) is 5. The minimum absolute atomic E-state index is 0.0219. The van der Waals surface area contributed by atoms with Crippen molar-refractivity contribution in [3.8, 4) is 5.75 Å². The number of amides is 2. The van der Waals surface area contributed by atoms with Crippen molar-refractivity contribution >= 4 is 23.2 Å². The zero-order valence-electron chi connectivity index (χ0n) is 20.5. The van der Waals surface area contributed by atoms with Gasteiger partial charge in [-0.25, -0.2) is 4.39 Å². The average Bonchev–Trinajstić information content (AvgIpc) is 3.37. The van der Waals surface area contributed by atoms with Crippen molar-refractivity contribution in [1.82, 2.24) is 14.7 Å². The third kappa shape index (κ3) is 4.88. The van der Waals surface area contributed by atoms with Crippen LogP contribution in [0.4, 0.5) is 4.39 Å². The van der Waals surface area contributed by atoms with Crippen molar-refractivity contribution in [2.75, 3.05) is 39.8 Å². The van der Waals surface area contributed by atoms with Gasteiger partial charge in [0.1, 0.15) is 11.6 Å². The Hall–Kier alpha value is -3.23. The number of methoxy groups -OCH3 is 1. The van der Waals surface area contributed by atoms with Crippen molar-refractivity contribution < 1.29 is 18.7 Å². The monoisotopic (exact) mass is 507 g/mol. The largest absolute Gasteiger partial charge is 0.497 e. The smallest absolute Gasteiger partial charge is 0.254 e. The first-order valence-corrected chi connectivity index (χ1v) is 13.1. The summed E-state index contributed by atoms with van der Waals surface area (Å²) in [6, 6.07) is 15.8. The first kappa shape index (κ1) is 24.5. The number of nitrogens with zero attached hydrogens (tertiary/aromatic N) is 3. The number of thiophene rings is 1. The molecule has 2 aliphatic rings. The molecule has 8 heteroatoms. The Morgan fingerprint density at radius 2 is 1.78 bits per heavy atom. The van der Waals surface area contributed by atoms with E-state index in [0.29, 0.717) is 31.7 Å². The number of piperazine rings is 1. The van der Waals surface area contributed by atoms with Gasteiger partial charge in [0.2, 0.25) is 5.91 Å². The van der Waals surface area contributed by atoms with E-state index in [2.05, 4.69) is 28.5 Å². The molecule has 0 radical (unpaired) electrons. The summed E-state index contributed by atoms with van der Waals surface area (Å²) >= 11 is 1.78. The molecule has 3 aromatic rings. The van der Waals surface area contributed by atoms with Crippen LogP contribution in [0.3, 0.4) is 0 Å². The second-order valence-electron chi connectivity index (χ2n) is 9.39. The molecule has 0 spiro atoms. The van der Waals surface area contributed by atoms with Gasteiger partial charge in [0, 0.05) is 42.7 Å². The summed E-state index contributed by atoms with van der Waals surface area (Å²) < 4.78 is 18.6. The third-order valence-electron chi connectivity index (χ3n) is 7.17. The molecule has 6 nitrogen and oxygen atoms in total. The Balaban J connectivity index is 1.27.